The molecule has 5 rings (SSSR count). The summed E-state index contributed by atoms with van der Waals surface area (Å²) >= 11 is 0. The highest BCUT2D eigenvalue weighted by Gasteiger charge is 2.30. The van der Waals surface area contributed by atoms with Crippen LogP contribution in [0.2, 0.25) is 0 Å². The summed E-state index contributed by atoms with van der Waals surface area (Å²) in [5.74, 6) is 2.04. The quantitative estimate of drug-likeness (QED) is 0.260. The first-order valence-corrected chi connectivity index (χ1v) is 12.1. The lowest BCUT2D eigenvalue weighted by atomic mass is 9.98. The minimum Gasteiger partial charge on any atom is -0.226 e. The van der Waals surface area contributed by atoms with Gasteiger partial charge in [-0.3, -0.25) is 0 Å². The van der Waals surface area contributed by atoms with Gasteiger partial charge in [0.25, 0.3) is 5.82 Å². The molecule has 0 saturated carbocycles. The van der Waals surface area contributed by atoms with Crippen LogP contribution in [0.4, 0.5) is 0 Å². The minimum atomic E-state index is 0.959. The Kier molecular flexibility index (Phi) is 5.86. The Labute approximate surface area is 208 Å². The maximum absolute atomic E-state index is 5.25. The maximum atomic E-state index is 5.25. The number of aryl methyl sites for hydroxylation is 5. The predicted molar refractivity (Wildman–Crippen MR) is 145 cm³/mol. The van der Waals surface area contributed by atoms with E-state index in [-0.39, 0.29) is 0 Å². The van der Waals surface area contributed by atoms with Gasteiger partial charge in [0, 0.05) is 0 Å². The highest BCUT2D eigenvalue weighted by Crippen LogP contribution is 2.32. The zero-order chi connectivity index (χ0) is 24.7. The van der Waals surface area contributed by atoms with E-state index in [1.54, 1.807) is 0 Å². The molecule has 3 heteroatoms. The van der Waals surface area contributed by atoms with E-state index in [2.05, 4.69) is 136 Å². The number of aromatic nitrogens is 3. The summed E-state index contributed by atoms with van der Waals surface area (Å²) in [4.78, 5) is 0. The van der Waals surface area contributed by atoms with Crippen molar-refractivity contribution in [2.45, 2.75) is 34.6 Å². The largest absolute Gasteiger partial charge is 0.309 e. The summed E-state index contributed by atoms with van der Waals surface area (Å²) in [5, 5.41) is 5.25. The van der Waals surface area contributed by atoms with E-state index in [1.807, 2.05) is 0 Å². The molecule has 0 unspecified atom stereocenters. The van der Waals surface area contributed by atoms with E-state index in [4.69, 9.17) is 5.10 Å². The van der Waals surface area contributed by atoms with E-state index in [0.717, 1.165) is 22.9 Å². The van der Waals surface area contributed by atoms with Crippen molar-refractivity contribution in [1.82, 2.24) is 9.78 Å². The fraction of sp³-hybridized carbons (Fsp3) is 0.188. The molecule has 4 aromatic carbocycles. The molecule has 1 heterocycles. The van der Waals surface area contributed by atoms with Crippen LogP contribution in [0.3, 0.4) is 0 Å². The average Bonchev–Trinajstić information content (AvgIpc) is 3.15. The van der Waals surface area contributed by atoms with E-state index < -0.39 is 0 Å². The third-order valence-electron chi connectivity index (χ3n) is 6.71. The number of hydrogen-bond donors (Lipinski definition) is 0. The normalized spacial score (nSPS) is 11.1. The summed E-state index contributed by atoms with van der Waals surface area (Å²) in [6.07, 6.45) is 0. The molecule has 3 nitrogen and oxygen atoms in total. The van der Waals surface area contributed by atoms with Crippen molar-refractivity contribution in [3.63, 3.8) is 0 Å². The van der Waals surface area contributed by atoms with Crippen molar-refractivity contribution in [2.75, 3.05) is 0 Å². The second kappa shape index (κ2) is 8.99. The standard InChI is InChI=1S/C32H32N3/c1-21-16-22(2)18-28(17-21)31-33-35(32(34(31)6)29-15-11-10-12-23(29)3)30-24(4)19-27(20-25(30)5)26-13-8-7-9-14-26/h7-20H,1-6H3/q+1. The molecule has 1 aromatic heterocycles. The van der Waals surface area contributed by atoms with Crippen LogP contribution in [0.25, 0.3) is 39.6 Å². The zero-order valence-corrected chi connectivity index (χ0v) is 21.4. The molecule has 0 fully saturated rings. The lowest BCUT2D eigenvalue weighted by Crippen LogP contribution is -2.32. The van der Waals surface area contributed by atoms with Gasteiger partial charge in [0.1, 0.15) is 5.69 Å². The zero-order valence-electron chi connectivity index (χ0n) is 21.4. The van der Waals surface area contributed by atoms with Crippen LogP contribution in [0.15, 0.2) is 84.9 Å². The van der Waals surface area contributed by atoms with Crippen molar-refractivity contribution >= 4 is 0 Å². The first kappa shape index (κ1) is 22.8. The Bertz CT molecular complexity index is 1500. The fourth-order valence-electron chi connectivity index (χ4n) is 5.17. The molecule has 0 radical (unpaired) electrons. The van der Waals surface area contributed by atoms with Gasteiger partial charge in [-0.05, 0) is 92.8 Å². The first-order valence-electron chi connectivity index (χ1n) is 12.1. The van der Waals surface area contributed by atoms with E-state index in [0.29, 0.717) is 0 Å². The lowest BCUT2D eigenvalue weighted by Gasteiger charge is -2.11. The van der Waals surface area contributed by atoms with Crippen molar-refractivity contribution in [2.24, 2.45) is 7.05 Å². The topological polar surface area (TPSA) is 21.7 Å². The summed E-state index contributed by atoms with van der Waals surface area (Å²) in [6.45, 7) is 10.8. The van der Waals surface area contributed by atoms with Gasteiger partial charge in [-0.1, -0.05) is 70.4 Å². The van der Waals surface area contributed by atoms with Crippen LogP contribution < -0.4 is 4.57 Å². The van der Waals surface area contributed by atoms with Gasteiger partial charge < -0.3 is 0 Å². The van der Waals surface area contributed by atoms with Crippen molar-refractivity contribution < 1.29 is 4.57 Å². The molecule has 0 saturated heterocycles. The molecule has 174 valence electrons. The van der Waals surface area contributed by atoms with E-state index in [1.165, 1.54) is 44.5 Å². The summed E-state index contributed by atoms with van der Waals surface area (Å²) in [6, 6.07) is 30.3. The number of benzene rings is 4. The monoisotopic (exact) mass is 458 g/mol. The Balaban J connectivity index is 1.79. The first-order chi connectivity index (χ1) is 16.8. The third-order valence-corrected chi connectivity index (χ3v) is 6.71. The van der Waals surface area contributed by atoms with Crippen LogP contribution in [0, 0.1) is 34.6 Å². The molecular weight excluding hydrogens is 426 g/mol. The van der Waals surface area contributed by atoms with Gasteiger partial charge in [0.2, 0.25) is 0 Å². The Hall–Kier alpha value is -3.98. The molecule has 0 spiro atoms. The molecular formula is C32H32N3+. The Morgan fingerprint density at radius 1 is 0.600 bits per heavy atom. The third kappa shape index (κ3) is 4.19. The minimum absolute atomic E-state index is 0.959. The van der Waals surface area contributed by atoms with Crippen LogP contribution in [0.1, 0.15) is 27.8 Å². The van der Waals surface area contributed by atoms with Gasteiger partial charge in [0.15, 0.2) is 0 Å². The van der Waals surface area contributed by atoms with Crippen LogP contribution >= 0.6 is 0 Å². The number of rotatable bonds is 4. The summed E-state index contributed by atoms with van der Waals surface area (Å²) in [7, 11) is 2.13. The molecule has 0 aliphatic rings. The summed E-state index contributed by atoms with van der Waals surface area (Å²) in [5.41, 5.74) is 12.0. The van der Waals surface area contributed by atoms with Gasteiger partial charge in [0.05, 0.1) is 23.3 Å². The van der Waals surface area contributed by atoms with Gasteiger partial charge in [-0.2, -0.15) is 0 Å². The Morgan fingerprint density at radius 3 is 1.83 bits per heavy atom. The molecule has 0 bridgehead atoms. The molecule has 35 heavy (non-hydrogen) atoms. The Morgan fingerprint density at radius 2 is 1.20 bits per heavy atom. The SMILES string of the molecule is Cc1cc(C)cc(-c2nn(-c3c(C)cc(-c4ccccc4)cc3C)c(-c3ccccc3C)[n+]2C)c1. The van der Waals surface area contributed by atoms with Crippen molar-refractivity contribution in [1.29, 1.82) is 0 Å². The number of nitrogens with zero attached hydrogens (tertiary/aromatic N) is 3. The molecule has 0 aliphatic carbocycles. The predicted octanol–water partition coefficient (Wildman–Crippen LogP) is 7.24. The second-order valence-electron chi connectivity index (χ2n) is 9.63. The highest BCUT2D eigenvalue weighted by atomic mass is 15.4. The second-order valence-corrected chi connectivity index (χ2v) is 9.63. The number of hydrogen-bond acceptors (Lipinski definition) is 1. The lowest BCUT2D eigenvalue weighted by molar-refractivity contribution is -0.649. The van der Waals surface area contributed by atoms with Crippen LogP contribution in [0.5, 0.6) is 0 Å². The molecule has 5 aromatic rings. The maximum Gasteiger partial charge on any atom is 0.309 e. The molecule has 0 aliphatic heterocycles. The smallest absolute Gasteiger partial charge is 0.226 e. The van der Waals surface area contributed by atoms with Crippen LogP contribution in [-0.4, -0.2) is 9.78 Å². The average molecular weight is 459 g/mol. The fourth-order valence-corrected chi connectivity index (χ4v) is 5.17. The van der Waals surface area contributed by atoms with Gasteiger partial charge in [-0.25, -0.2) is 4.57 Å². The highest BCUT2D eigenvalue weighted by molar-refractivity contribution is 5.70. The van der Waals surface area contributed by atoms with E-state index >= 15 is 0 Å². The van der Waals surface area contributed by atoms with Gasteiger partial charge in [-0.15, -0.1) is 0 Å². The molecule has 0 N–H and O–H groups in total. The van der Waals surface area contributed by atoms with Crippen molar-refractivity contribution in [3.05, 3.63) is 113 Å². The molecule has 0 atom stereocenters. The van der Waals surface area contributed by atoms with Crippen molar-refractivity contribution in [3.8, 4) is 39.6 Å². The summed E-state index contributed by atoms with van der Waals surface area (Å²) < 4.78 is 4.38. The van der Waals surface area contributed by atoms with Gasteiger partial charge >= 0.3 is 5.82 Å². The van der Waals surface area contributed by atoms with Crippen LogP contribution in [-0.2, 0) is 7.05 Å². The van der Waals surface area contributed by atoms with E-state index in [9.17, 15) is 0 Å². The molecule has 0 amide bonds.